The molecule has 0 saturated carbocycles. The van der Waals surface area contributed by atoms with Crippen molar-refractivity contribution in [2.24, 2.45) is 0 Å². The summed E-state index contributed by atoms with van der Waals surface area (Å²) in [7, 11) is 0. The Hall–Kier alpha value is -2.41. The van der Waals surface area contributed by atoms with Crippen LogP contribution in [-0.2, 0) is 11.2 Å². The molecule has 0 bridgehead atoms. The first kappa shape index (κ1) is 14.5. The summed E-state index contributed by atoms with van der Waals surface area (Å²) in [6, 6.07) is 4.14. The summed E-state index contributed by atoms with van der Waals surface area (Å²) >= 11 is 5.68. The number of alkyl halides is 1. The van der Waals surface area contributed by atoms with Gasteiger partial charge in [-0.15, -0.1) is 11.6 Å². The van der Waals surface area contributed by atoms with E-state index in [9.17, 15) is 19.2 Å². The van der Waals surface area contributed by atoms with E-state index in [0.717, 1.165) is 15.6 Å². The molecular weight excluding hydrogens is 310 g/mol. The number of amides is 5. The summed E-state index contributed by atoms with van der Waals surface area (Å²) in [5.74, 6) is -1.16. The smallest absolute Gasteiger partial charge is 0.276 e. The van der Waals surface area contributed by atoms with Gasteiger partial charge in [0, 0.05) is 12.3 Å². The number of hydrogen-bond acceptors (Lipinski definition) is 4. The fourth-order valence-corrected chi connectivity index (χ4v) is 2.72. The number of rotatable bonds is 3. The Balaban J connectivity index is 1.93. The molecule has 0 aromatic heterocycles. The van der Waals surface area contributed by atoms with Crippen LogP contribution in [0.3, 0.4) is 0 Å². The number of nitrogens with zero attached hydrogens (tertiary/aromatic N) is 2. The molecule has 8 heteroatoms. The molecule has 1 aromatic rings. The molecule has 0 aliphatic carbocycles. The van der Waals surface area contributed by atoms with Crippen LogP contribution in [0.25, 0.3) is 0 Å². The van der Waals surface area contributed by atoms with Crippen LogP contribution in [0.4, 0.5) is 4.79 Å². The van der Waals surface area contributed by atoms with Gasteiger partial charge in [0.2, 0.25) is 5.91 Å². The lowest BCUT2D eigenvalue weighted by Crippen LogP contribution is -2.58. The molecule has 2 heterocycles. The van der Waals surface area contributed by atoms with Crippen molar-refractivity contribution in [1.29, 1.82) is 0 Å². The van der Waals surface area contributed by atoms with Crippen LogP contribution in [0.5, 0.6) is 0 Å². The van der Waals surface area contributed by atoms with Crippen molar-refractivity contribution in [3.8, 4) is 0 Å². The number of hydrazine groups is 1. The van der Waals surface area contributed by atoms with Crippen molar-refractivity contribution in [1.82, 2.24) is 15.3 Å². The molecule has 7 nitrogen and oxygen atoms in total. The number of hydrogen-bond donors (Lipinski definition) is 1. The topological polar surface area (TPSA) is 86.8 Å². The van der Waals surface area contributed by atoms with Crippen LogP contribution in [0.2, 0.25) is 0 Å². The lowest BCUT2D eigenvalue weighted by Gasteiger charge is -2.32. The quantitative estimate of drug-likeness (QED) is 0.662. The standard InChI is InChI=1S/C14H12ClN3O4/c15-5-3-8-1-2-9-10(7-8)13(21)18(12(9)20)17-6-4-11(19)16-14(17)22/h1-2,7H,3-6H2,(H,16,19,22). The van der Waals surface area contributed by atoms with Crippen LogP contribution in [0.1, 0.15) is 32.7 Å². The molecule has 0 spiro atoms. The highest BCUT2D eigenvalue weighted by atomic mass is 35.5. The van der Waals surface area contributed by atoms with Gasteiger partial charge in [0.15, 0.2) is 0 Å². The Morgan fingerprint density at radius 3 is 2.50 bits per heavy atom. The van der Waals surface area contributed by atoms with Crippen molar-refractivity contribution >= 4 is 35.4 Å². The predicted molar refractivity (Wildman–Crippen MR) is 76.2 cm³/mol. The first-order chi connectivity index (χ1) is 10.5. The lowest BCUT2D eigenvalue weighted by molar-refractivity contribution is -0.122. The number of aryl methyl sites for hydroxylation is 1. The molecule has 1 saturated heterocycles. The van der Waals surface area contributed by atoms with Crippen LogP contribution in [0, 0.1) is 0 Å². The molecule has 0 unspecified atom stereocenters. The Morgan fingerprint density at radius 1 is 1.09 bits per heavy atom. The molecule has 5 amide bonds. The fraction of sp³-hybridized carbons (Fsp3) is 0.286. The van der Waals surface area contributed by atoms with Gasteiger partial charge in [0.05, 0.1) is 17.7 Å². The van der Waals surface area contributed by atoms with Gasteiger partial charge in [0.25, 0.3) is 11.8 Å². The van der Waals surface area contributed by atoms with Crippen molar-refractivity contribution in [3.05, 3.63) is 34.9 Å². The fourth-order valence-electron chi connectivity index (χ4n) is 2.51. The zero-order valence-corrected chi connectivity index (χ0v) is 12.2. The summed E-state index contributed by atoms with van der Waals surface area (Å²) in [5.41, 5.74) is 1.33. The van der Waals surface area contributed by atoms with E-state index in [1.54, 1.807) is 18.2 Å². The van der Waals surface area contributed by atoms with Gasteiger partial charge < -0.3 is 0 Å². The SMILES string of the molecule is O=C1CCN(N2C(=O)c3ccc(CCCl)cc3C2=O)C(=O)N1. The highest BCUT2D eigenvalue weighted by Gasteiger charge is 2.43. The second kappa shape index (κ2) is 5.42. The average Bonchev–Trinajstić information content (AvgIpc) is 2.72. The van der Waals surface area contributed by atoms with Crippen LogP contribution >= 0.6 is 11.6 Å². The number of urea groups is 1. The predicted octanol–water partition coefficient (Wildman–Crippen LogP) is 0.921. The molecule has 1 fully saturated rings. The molecule has 1 N–H and O–H groups in total. The van der Waals surface area contributed by atoms with Crippen LogP contribution < -0.4 is 5.32 Å². The van der Waals surface area contributed by atoms with E-state index < -0.39 is 23.8 Å². The molecule has 1 aromatic carbocycles. The maximum Gasteiger partial charge on any atom is 0.343 e. The molecule has 2 aliphatic heterocycles. The second-order valence-electron chi connectivity index (χ2n) is 4.97. The maximum absolute atomic E-state index is 12.5. The molecule has 0 atom stereocenters. The van der Waals surface area contributed by atoms with Gasteiger partial charge >= 0.3 is 6.03 Å². The Labute approximate surface area is 130 Å². The van der Waals surface area contributed by atoms with Gasteiger partial charge in [0.1, 0.15) is 0 Å². The van der Waals surface area contributed by atoms with Gasteiger partial charge in [-0.3, -0.25) is 19.7 Å². The van der Waals surface area contributed by atoms with E-state index >= 15 is 0 Å². The Morgan fingerprint density at radius 2 is 1.82 bits per heavy atom. The zero-order chi connectivity index (χ0) is 15.9. The third-order valence-corrected chi connectivity index (χ3v) is 3.77. The molecule has 114 valence electrons. The summed E-state index contributed by atoms with van der Waals surface area (Å²) in [5, 5.41) is 3.84. The minimum atomic E-state index is -0.772. The first-order valence-electron chi connectivity index (χ1n) is 6.72. The van der Waals surface area contributed by atoms with Crippen molar-refractivity contribution in [2.45, 2.75) is 12.8 Å². The summed E-state index contributed by atoms with van der Waals surface area (Å²) in [6.07, 6.45) is 0.617. The summed E-state index contributed by atoms with van der Waals surface area (Å²) < 4.78 is 0. The molecule has 22 heavy (non-hydrogen) atoms. The van der Waals surface area contributed by atoms with Gasteiger partial charge in [-0.2, -0.15) is 5.01 Å². The molecule has 2 aliphatic rings. The van der Waals surface area contributed by atoms with E-state index in [2.05, 4.69) is 5.32 Å². The summed E-state index contributed by atoms with van der Waals surface area (Å²) in [4.78, 5) is 47.8. The van der Waals surface area contributed by atoms with Crippen LogP contribution in [0.15, 0.2) is 18.2 Å². The molecule has 0 radical (unpaired) electrons. The number of carbonyl (C=O) groups excluding carboxylic acids is 4. The van der Waals surface area contributed by atoms with Crippen molar-refractivity contribution in [3.63, 3.8) is 0 Å². The monoisotopic (exact) mass is 321 g/mol. The van der Waals surface area contributed by atoms with Gasteiger partial charge in [-0.05, 0) is 24.1 Å². The normalized spacial score (nSPS) is 17.9. The van der Waals surface area contributed by atoms with Crippen LogP contribution in [-0.4, -0.2) is 46.2 Å². The lowest BCUT2D eigenvalue weighted by atomic mass is 10.0. The van der Waals surface area contributed by atoms with E-state index in [4.69, 9.17) is 11.6 Å². The van der Waals surface area contributed by atoms with Gasteiger partial charge in [-0.1, -0.05) is 6.07 Å². The number of fused-ring (bicyclic) bond motifs is 1. The molecular formula is C14H12ClN3O4. The summed E-state index contributed by atoms with van der Waals surface area (Å²) in [6.45, 7) is -0.00925. The zero-order valence-electron chi connectivity index (χ0n) is 11.5. The third-order valence-electron chi connectivity index (χ3n) is 3.59. The minimum absolute atomic E-state index is 0.00925. The van der Waals surface area contributed by atoms with E-state index in [1.165, 1.54) is 0 Å². The Kier molecular flexibility index (Phi) is 3.58. The highest BCUT2D eigenvalue weighted by molar-refractivity contribution is 6.22. The minimum Gasteiger partial charge on any atom is -0.276 e. The number of benzene rings is 1. The Bertz CT molecular complexity index is 703. The average molecular weight is 322 g/mol. The van der Waals surface area contributed by atoms with Crippen molar-refractivity contribution < 1.29 is 19.2 Å². The number of nitrogens with one attached hydrogen (secondary N) is 1. The first-order valence-corrected chi connectivity index (χ1v) is 7.25. The van der Waals surface area contributed by atoms with Gasteiger partial charge in [-0.25, -0.2) is 9.80 Å². The van der Waals surface area contributed by atoms with Crippen molar-refractivity contribution in [2.75, 3.05) is 12.4 Å². The largest absolute Gasteiger partial charge is 0.343 e. The second-order valence-corrected chi connectivity index (χ2v) is 5.35. The van der Waals surface area contributed by atoms with E-state index in [0.29, 0.717) is 12.3 Å². The third kappa shape index (κ3) is 2.23. The number of imide groups is 2. The molecule has 3 rings (SSSR count). The number of halogens is 1. The maximum atomic E-state index is 12.5. The number of carbonyl (C=O) groups is 4. The highest BCUT2D eigenvalue weighted by Crippen LogP contribution is 2.26. The van der Waals surface area contributed by atoms with E-state index in [1.807, 2.05) is 0 Å². The van der Waals surface area contributed by atoms with E-state index in [-0.39, 0.29) is 24.1 Å².